The second-order valence-corrected chi connectivity index (χ2v) is 8.53. The topological polar surface area (TPSA) is 53.6 Å². The molecular weight excluding hydrogens is 390 g/mol. The standard InChI is InChI=1S/C21H27N3O2S2/c1-4-24-12-10-16(11-13-24)22-21(27)23-19-18(20(25)26-3)17(14(2)28-19)15-8-6-5-7-9-15/h5-9,16H,4,10-13H2,1-3H3,(H2,22,23,27). The first-order chi connectivity index (χ1) is 13.5. The molecule has 0 atom stereocenters. The highest BCUT2D eigenvalue weighted by molar-refractivity contribution is 7.80. The summed E-state index contributed by atoms with van der Waals surface area (Å²) in [5.41, 5.74) is 2.44. The summed E-state index contributed by atoms with van der Waals surface area (Å²) >= 11 is 7.07. The summed E-state index contributed by atoms with van der Waals surface area (Å²) in [5.74, 6) is -0.357. The van der Waals surface area contributed by atoms with Crippen molar-refractivity contribution in [3.63, 3.8) is 0 Å². The van der Waals surface area contributed by atoms with Crippen LogP contribution in [0.3, 0.4) is 0 Å². The number of carbonyl (C=O) groups is 1. The van der Waals surface area contributed by atoms with Gasteiger partial charge in [-0.15, -0.1) is 11.3 Å². The van der Waals surface area contributed by atoms with Gasteiger partial charge in [0.15, 0.2) is 5.11 Å². The SMILES string of the molecule is CCN1CCC(NC(=S)Nc2sc(C)c(-c3ccccc3)c2C(=O)OC)CC1. The maximum atomic E-state index is 12.6. The maximum absolute atomic E-state index is 12.6. The molecule has 0 radical (unpaired) electrons. The van der Waals surface area contributed by atoms with E-state index in [9.17, 15) is 4.79 Å². The normalized spacial score (nSPS) is 15.2. The Hall–Kier alpha value is -1.96. The molecule has 2 aromatic rings. The molecule has 0 spiro atoms. The van der Waals surface area contributed by atoms with Crippen LogP contribution in [0.2, 0.25) is 0 Å². The lowest BCUT2D eigenvalue weighted by molar-refractivity contribution is 0.0603. The van der Waals surface area contributed by atoms with Crippen molar-refractivity contribution in [3.8, 4) is 11.1 Å². The van der Waals surface area contributed by atoms with Crippen LogP contribution in [0.5, 0.6) is 0 Å². The minimum atomic E-state index is -0.357. The number of benzene rings is 1. The quantitative estimate of drug-likeness (QED) is 0.559. The zero-order chi connectivity index (χ0) is 20.1. The lowest BCUT2D eigenvalue weighted by Crippen LogP contribution is -2.45. The molecule has 0 saturated carbocycles. The van der Waals surface area contributed by atoms with Gasteiger partial charge in [0.1, 0.15) is 10.6 Å². The number of anilines is 1. The Morgan fingerprint density at radius 1 is 1.29 bits per heavy atom. The van der Waals surface area contributed by atoms with Crippen LogP contribution < -0.4 is 10.6 Å². The number of thiocarbonyl (C=S) groups is 1. The Morgan fingerprint density at radius 3 is 2.57 bits per heavy atom. The van der Waals surface area contributed by atoms with E-state index in [-0.39, 0.29) is 5.97 Å². The molecule has 150 valence electrons. The van der Waals surface area contributed by atoms with Crippen LogP contribution in [0.25, 0.3) is 11.1 Å². The Bertz CT molecular complexity index is 828. The molecule has 5 nitrogen and oxygen atoms in total. The van der Waals surface area contributed by atoms with Gasteiger partial charge in [-0.25, -0.2) is 4.79 Å². The van der Waals surface area contributed by atoms with Gasteiger partial charge in [-0.3, -0.25) is 0 Å². The van der Waals surface area contributed by atoms with Gasteiger partial charge in [0.25, 0.3) is 0 Å². The number of thiophene rings is 1. The number of carbonyl (C=O) groups excluding carboxylic acids is 1. The van der Waals surface area contributed by atoms with Crippen LogP contribution >= 0.6 is 23.6 Å². The Morgan fingerprint density at radius 2 is 1.96 bits per heavy atom. The number of hydrogen-bond donors (Lipinski definition) is 2. The zero-order valence-electron chi connectivity index (χ0n) is 16.6. The fourth-order valence-electron chi connectivity index (χ4n) is 3.60. The molecule has 0 bridgehead atoms. The first kappa shape index (κ1) is 20.8. The average Bonchev–Trinajstić information content (AvgIpc) is 3.04. The largest absolute Gasteiger partial charge is 0.465 e. The molecule has 0 amide bonds. The molecule has 0 unspecified atom stereocenters. The highest BCUT2D eigenvalue weighted by Crippen LogP contribution is 2.40. The minimum absolute atomic E-state index is 0.357. The van der Waals surface area contributed by atoms with Crippen molar-refractivity contribution in [2.75, 3.05) is 32.1 Å². The van der Waals surface area contributed by atoms with Gasteiger partial charge in [0.05, 0.1) is 7.11 Å². The van der Waals surface area contributed by atoms with Gasteiger partial charge < -0.3 is 20.3 Å². The van der Waals surface area contributed by atoms with Gasteiger partial charge in [0, 0.05) is 29.6 Å². The summed E-state index contributed by atoms with van der Waals surface area (Å²) in [4.78, 5) is 16.1. The van der Waals surface area contributed by atoms with Gasteiger partial charge in [-0.2, -0.15) is 0 Å². The van der Waals surface area contributed by atoms with E-state index in [0.29, 0.717) is 16.7 Å². The number of piperidine rings is 1. The number of ether oxygens (including phenoxy) is 1. The second-order valence-electron chi connectivity index (χ2n) is 6.90. The molecule has 0 aliphatic carbocycles. The predicted molar refractivity (Wildman–Crippen MR) is 120 cm³/mol. The van der Waals surface area contributed by atoms with Crippen molar-refractivity contribution >= 4 is 39.6 Å². The summed E-state index contributed by atoms with van der Waals surface area (Å²) < 4.78 is 5.07. The van der Waals surface area contributed by atoms with E-state index in [1.165, 1.54) is 18.4 Å². The molecule has 3 rings (SSSR count). The molecule has 1 aromatic heterocycles. The van der Waals surface area contributed by atoms with Gasteiger partial charge in [-0.1, -0.05) is 37.3 Å². The molecule has 7 heteroatoms. The number of aryl methyl sites for hydroxylation is 1. The lowest BCUT2D eigenvalue weighted by atomic mass is 10.0. The fourth-order valence-corrected chi connectivity index (χ4v) is 5.00. The number of nitrogens with one attached hydrogen (secondary N) is 2. The monoisotopic (exact) mass is 417 g/mol. The van der Waals surface area contributed by atoms with E-state index in [4.69, 9.17) is 17.0 Å². The van der Waals surface area contributed by atoms with Gasteiger partial charge in [0.2, 0.25) is 0 Å². The highest BCUT2D eigenvalue weighted by Gasteiger charge is 2.25. The van der Waals surface area contributed by atoms with Crippen LogP contribution in [0, 0.1) is 6.92 Å². The third kappa shape index (κ3) is 4.71. The molecule has 1 aromatic carbocycles. The van der Waals surface area contributed by atoms with E-state index in [1.807, 2.05) is 37.3 Å². The third-order valence-corrected chi connectivity index (χ3v) is 6.37. The van der Waals surface area contributed by atoms with Crippen molar-refractivity contribution < 1.29 is 9.53 Å². The third-order valence-electron chi connectivity index (χ3n) is 5.13. The smallest absolute Gasteiger partial charge is 0.341 e. The van der Waals surface area contributed by atoms with Crippen LogP contribution in [0.1, 0.15) is 35.0 Å². The lowest BCUT2D eigenvalue weighted by Gasteiger charge is -2.32. The number of likely N-dealkylation sites (tertiary alicyclic amines) is 1. The molecule has 2 N–H and O–H groups in total. The molecule has 2 heterocycles. The molecule has 1 aliphatic heterocycles. The van der Waals surface area contributed by atoms with Crippen LogP contribution in [0.15, 0.2) is 30.3 Å². The summed E-state index contributed by atoms with van der Waals surface area (Å²) in [6.45, 7) is 7.47. The average molecular weight is 418 g/mol. The summed E-state index contributed by atoms with van der Waals surface area (Å²) in [6.07, 6.45) is 2.14. The van der Waals surface area contributed by atoms with Crippen molar-refractivity contribution in [3.05, 3.63) is 40.8 Å². The molecule has 1 saturated heterocycles. The first-order valence-corrected chi connectivity index (χ1v) is 10.8. The van der Waals surface area contributed by atoms with E-state index in [1.54, 1.807) is 0 Å². The Labute approximate surface area is 176 Å². The summed E-state index contributed by atoms with van der Waals surface area (Å²) in [5, 5.41) is 7.95. The molecule has 1 fully saturated rings. The number of methoxy groups -OCH3 is 1. The second kappa shape index (κ2) is 9.49. The zero-order valence-corrected chi connectivity index (χ0v) is 18.2. The number of esters is 1. The summed E-state index contributed by atoms with van der Waals surface area (Å²) in [7, 11) is 1.41. The summed E-state index contributed by atoms with van der Waals surface area (Å²) in [6, 6.07) is 10.3. The van der Waals surface area contributed by atoms with Crippen molar-refractivity contribution in [2.24, 2.45) is 0 Å². The Kier molecular flexibility index (Phi) is 7.04. The molecular formula is C21H27N3O2S2. The fraction of sp³-hybridized carbons (Fsp3) is 0.429. The van der Waals surface area contributed by atoms with Gasteiger partial charge in [-0.05, 0) is 44.1 Å². The van der Waals surface area contributed by atoms with Crippen molar-refractivity contribution in [1.29, 1.82) is 0 Å². The highest BCUT2D eigenvalue weighted by atomic mass is 32.1. The predicted octanol–water partition coefficient (Wildman–Crippen LogP) is 4.28. The van der Waals surface area contributed by atoms with E-state index in [2.05, 4.69) is 22.5 Å². The van der Waals surface area contributed by atoms with Crippen molar-refractivity contribution in [1.82, 2.24) is 10.2 Å². The van der Waals surface area contributed by atoms with Crippen molar-refractivity contribution in [2.45, 2.75) is 32.7 Å². The number of hydrogen-bond acceptors (Lipinski definition) is 5. The number of nitrogens with zero attached hydrogens (tertiary/aromatic N) is 1. The van der Waals surface area contributed by atoms with Crippen LogP contribution in [-0.2, 0) is 4.74 Å². The van der Waals surface area contributed by atoms with E-state index in [0.717, 1.165) is 53.5 Å². The molecule has 1 aliphatic rings. The molecule has 28 heavy (non-hydrogen) atoms. The number of rotatable bonds is 5. The first-order valence-electron chi connectivity index (χ1n) is 9.60. The van der Waals surface area contributed by atoms with E-state index < -0.39 is 0 Å². The van der Waals surface area contributed by atoms with Gasteiger partial charge >= 0.3 is 5.97 Å². The maximum Gasteiger partial charge on any atom is 0.341 e. The minimum Gasteiger partial charge on any atom is -0.465 e. The van der Waals surface area contributed by atoms with E-state index >= 15 is 0 Å². The van der Waals surface area contributed by atoms with Crippen LogP contribution in [-0.4, -0.2) is 48.8 Å². The Balaban J connectivity index is 1.78. The van der Waals surface area contributed by atoms with Crippen LogP contribution in [0.4, 0.5) is 5.00 Å².